The van der Waals surface area contributed by atoms with Crippen LogP contribution in [0, 0.1) is 18.3 Å². The van der Waals surface area contributed by atoms with Crippen molar-refractivity contribution in [1.82, 2.24) is 4.98 Å². The molecule has 70 valence electrons. The van der Waals surface area contributed by atoms with Gasteiger partial charge in [0.2, 0.25) is 0 Å². The van der Waals surface area contributed by atoms with Crippen molar-refractivity contribution >= 4 is 15.9 Å². The van der Waals surface area contributed by atoms with Gasteiger partial charge >= 0.3 is 0 Å². The van der Waals surface area contributed by atoms with Crippen LogP contribution in [0.15, 0.2) is 4.47 Å². The second-order valence-electron chi connectivity index (χ2n) is 3.27. The van der Waals surface area contributed by atoms with Gasteiger partial charge in [0.15, 0.2) is 0 Å². The maximum atomic E-state index is 8.87. The Morgan fingerprint density at radius 1 is 1.62 bits per heavy atom. The van der Waals surface area contributed by atoms with Crippen LogP contribution in [0.25, 0.3) is 0 Å². The summed E-state index contributed by atoms with van der Waals surface area (Å²) in [5.74, 6) is 0.468. The monoisotopic (exact) mass is 240 g/mol. The van der Waals surface area contributed by atoms with Crippen LogP contribution in [0.3, 0.4) is 0 Å². The Balaban J connectivity index is 3.20. The van der Waals surface area contributed by atoms with Gasteiger partial charge in [0.1, 0.15) is 6.07 Å². The molecule has 0 aromatic carbocycles. The van der Waals surface area contributed by atoms with Crippen molar-refractivity contribution < 1.29 is 0 Å². The first kappa shape index (κ1) is 10.3. The lowest BCUT2D eigenvalue weighted by molar-refractivity contribution is 0.708. The summed E-state index contributed by atoms with van der Waals surface area (Å²) in [5.41, 5.74) is 2.82. The van der Waals surface area contributed by atoms with E-state index in [-0.39, 0.29) is 0 Å². The predicted molar refractivity (Wildman–Crippen MR) is 56.7 cm³/mol. The molecular weight excluding hydrogens is 228 g/mol. The van der Waals surface area contributed by atoms with Crippen LogP contribution in [-0.2, 0) is 0 Å². The molecule has 0 aliphatic carbocycles. The van der Waals surface area contributed by atoms with Gasteiger partial charge in [-0.15, -0.1) is 0 Å². The number of halogens is 1. The molecule has 0 radical (unpaired) electrons. The van der Waals surface area contributed by atoms with Crippen LogP contribution >= 0.6 is 15.9 Å². The third-order valence-corrected chi connectivity index (χ3v) is 3.19. The highest BCUT2D eigenvalue weighted by Crippen LogP contribution is 2.30. The van der Waals surface area contributed by atoms with Crippen LogP contribution in [0.5, 0.6) is 0 Å². The van der Waals surface area contributed by atoms with Gasteiger partial charge in [-0.05, 0) is 35.2 Å². The molecule has 3 heteroatoms. The summed E-state index contributed by atoms with van der Waals surface area (Å²) in [6.07, 6.45) is 1.07. The van der Waals surface area contributed by atoms with Gasteiger partial charge in [0.05, 0.1) is 10.0 Å². The van der Waals surface area contributed by atoms with Crippen molar-refractivity contribution in [1.29, 1.82) is 5.26 Å². The van der Waals surface area contributed by atoms with E-state index in [4.69, 9.17) is 5.26 Å². The molecule has 0 spiro atoms. The number of aryl methyl sites for hydroxylation is 1. The molecule has 1 aromatic heterocycles. The van der Waals surface area contributed by atoms with Gasteiger partial charge in [0, 0.05) is 11.4 Å². The third kappa shape index (κ3) is 1.78. The molecule has 0 fully saturated rings. The summed E-state index contributed by atoms with van der Waals surface area (Å²) in [4.78, 5) is 3.25. The molecule has 1 atom stereocenters. The molecule has 2 nitrogen and oxygen atoms in total. The maximum absolute atomic E-state index is 8.87. The molecule has 13 heavy (non-hydrogen) atoms. The second-order valence-corrected chi connectivity index (χ2v) is 4.07. The average molecular weight is 241 g/mol. The summed E-state index contributed by atoms with van der Waals surface area (Å²) < 4.78 is 0.932. The summed E-state index contributed by atoms with van der Waals surface area (Å²) >= 11 is 3.45. The zero-order valence-electron chi connectivity index (χ0n) is 8.11. The van der Waals surface area contributed by atoms with E-state index < -0.39 is 0 Å². The SMILES string of the molecule is CCC(C)c1[nH]c(C)c(C#N)c1Br. The normalized spacial score (nSPS) is 12.5. The van der Waals surface area contributed by atoms with Crippen LogP contribution in [0.2, 0.25) is 0 Å². The Labute approximate surface area is 87.1 Å². The van der Waals surface area contributed by atoms with E-state index in [2.05, 4.69) is 40.8 Å². The van der Waals surface area contributed by atoms with Crippen molar-refractivity contribution in [2.24, 2.45) is 0 Å². The lowest BCUT2D eigenvalue weighted by Gasteiger charge is -2.06. The fourth-order valence-electron chi connectivity index (χ4n) is 1.30. The van der Waals surface area contributed by atoms with E-state index in [9.17, 15) is 0 Å². The molecule has 1 heterocycles. The van der Waals surface area contributed by atoms with E-state index in [1.54, 1.807) is 0 Å². The molecule has 0 aliphatic rings. The molecule has 0 saturated carbocycles. The Morgan fingerprint density at radius 3 is 2.62 bits per heavy atom. The zero-order valence-corrected chi connectivity index (χ0v) is 9.70. The van der Waals surface area contributed by atoms with Crippen molar-refractivity contribution in [2.75, 3.05) is 0 Å². The van der Waals surface area contributed by atoms with E-state index in [0.717, 1.165) is 27.8 Å². The largest absolute Gasteiger partial charge is 0.360 e. The number of aromatic amines is 1. The van der Waals surface area contributed by atoms with Crippen LogP contribution in [0.1, 0.15) is 43.1 Å². The van der Waals surface area contributed by atoms with E-state index in [1.807, 2.05) is 6.92 Å². The second kappa shape index (κ2) is 3.97. The van der Waals surface area contributed by atoms with Crippen molar-refractivity contribution in [3.05, 3.63) is 21.4 Å². The number of H-pyrrole nitrogens is 1. The van der Waals surface area contributed by atoms with Crippen molar-refractivity contribution in [2.45, 2.75) is 33.1 Å². The van der Waals surface area contributed by atoms with Gasteiger partial charge in [-0.25, -0.2) is 0 Å². The Kier molecular flexibility index (Phi) is 3.16. The molecular formula is C10H13BrN2. The number of hydrogen-bond donors (Lipinski definition) is 1. The van der Waals surface area contributed by atoms with Crippen LogP contribution in [-0.4, -0.2) is 4.98 Å². The first-order chi connectivity index (χ1) is 6.11. The van der Waals surface area contributed by atoms with Crippen molar-refractivity contribution in [3.63, 3.8) is 0 Å². The summed E-state index contributed by atoms with van der Waals surface area (Å²) in [7, 11) is 0. The number of nitriles is 1. The molecule has 0 bridgehead atoms. The minimum Gasteiger partial charge on any atom is -0.360 e. The molecule has 1 N–H and O–H groups in total. The van der Waals surface area contributed by atoms with Crippen LogP contribution in [0.4, 0.5) is 0 Å². The molecule has 0 amide bonds. The smallest absolute Gasteiger partial charge is 0.102 e. The quantitative estimate of drug-likeness (QED) is 0.845. The van der Waals surface area contributed by atoms with Crippen LogP contribution < -0.4 is 0 Å². The molecule has 1 rings (SSSR count). The van der Waals surface area contributed by atoms with Gasteiger partial charge in [-0.1, -0.05) is 13.8 Å². The summed E-state index contributed by atoms with van der Waals surface area (Å²) in [5, 5.41) is 8.87. The maximum Gasteiger partial charge on any atom is 0.102 e. The molecule has 1 unspecified atom stereocenters. The fraction of sp³-hybridized carbons (Fsp3) is 0.500. The molecule has 0 aliphatic heterocycles. The van der Waals surface area contributed by atoms with Crippen molar-refractivity contribution in [3.8, 4) is 6.07 Å². The topological polar surface area (TPSA) is 39.6 Å². The van der Waals surface area contributed by atoms with E-state index in [0.29, 0.717) is 5.92 Å². The third-order valence-electron chi connectivity index (χ3n) is 2.37. The first-order valence-electron chi connectivity index (χ1n) is 4.39. The highest BCUT2D eigenvalue weighted by Gasteiger charge is 2.15. The predicted octanol–water partition coefficient (Wildman–Crippen LogP) is 3.47. The minimum absolute atomic E-state index is 0.468. The number of nitrogens with zero attached hydrogens (tertiary/aromatic N) is 1. The fourth-order valence-corrected chi connectivity index (χ4v) is 2.17. The molecule has 1 aromatic rings. The number of hydrogen-bond acceptors (Lipinski definition) is 1. The minimum atomic E-state index is 0.468. The summed E-state index contributed by atoms with van der Waals surface area (Å²) in [6.45, 7) is 6.21. The Hall–Kier alpha value is -0.750. The van der Waals surface area contributed by atoms with Gasteiger partial charge < -0.3 is 4.98 Å². The lowest BCUT2D eigenvalue weighted by Crippen LogP contribution is -1.92. The zero-order chi connectivity index (χ0) is 10.0. The van der Waals surface area contributed by atoms with Gasteiger partial charge in [0.25, 0.3) is 0 Å². The summed E-state index contributed by atoms with van der Waals surface area (Å²) in [6, 6.07) is 2.18. The number of nitrogens with one attached hydrogen (secondary N) is 1. The van der Waals surface area contributed by atoms with Gasteiger partial charge in [-0.3, -0.25) is 0 Å². The number of rotatable bonds is 2. The molecule has 0 saturated heterocycles. The number of aromatic nitrogens is 1. The van der Waals surface area contributed by atoms with E-state index >= 15 is 0 Å². The standard InChI is InChI=1S/C10H13BrN2/c1-4-6(2)10-9(11)8(5-12)7(3)13-10/h6,13H,4H2,1-3H3. The highest BCUT2D eigenvalue weighted by atomic mass is 79.9. The Morgan fingerprint density at radius 2 is 2.23 bits per heavy atom. The lowest BCUT2D eigenvalue weighted by atomic mass is 10.1. The van der Waals surface area contributed by atoms with Gasteiger partial charge in [-0.2, -0.15) is 5.26 Å². The Bertz CT molecular complexity index is 347. The average Bonchev–Trinajstić information content (AvgIpc) is 2.40. The van der Waals surface area contributed by atoms with E-state index in [1.165, 1.54) is 0 Å². The first-order valence-corrected chi connectivity index (χ1v) is 5.19. The highest BCUT2D eigenvalue weighted by molar-refractivity contribution is 9.10.